The first-order valence-corrected chi connectivity index (χ1v) is 8.59. The molecule has 27 heavy (non-hydrogen) atoms. The highest BCUT2D eigenvalue weighted by molar-refractivity contribution is 6.05. The molecule has 4 aromatic carbocycles. The van der Waals surface area contributed by atoms with Gasteiger partial charge in [0.25, 0.3) is 5.91 Å². The first kappa shape index (κ1) is 16.7. The van der Waals surface area contributed by atoms with Crippen LogP contribution in [-0.2, 0) is 0 Å². The molecule has 4 nitrogen and oxygen atoms in total. The number of para-hydroxylation sites is 1. The molecule has 0 aliphatic rings. The Morgan fingerprint density at radius 1 is 0.778 bits per heavy atom. The van der Waals surface area contributed by atoms with E-state index in [1.807, 2.05) is 66.7 Å². The molecule has 0 bridgehead atoms. The van der Waals surface area contributed by atoms with Crippen LogP contribution in [0.2, 0.25) is 0 Å². The molecule has 4 rings (SSSR count). The van der Waals surface area contributed by atoms with Crippen LogP contribution in [0.1, 0.15) is 10.4 Å². The van der Waals surface area contributed by atoms with E-state index < -0.39 is 0 Å². The van der Waals surface area contributed by atoms with E-state index >= 15 is 0 Å². The second kappa shape index (κ2) is 6.84. The zero-order valence-corrected chi connectivity index (χ0v) is 14.5. The lowest BCUT2D eigenvalue weighted by atomic mass is 9.98. The number of nitrogens with one attached hydrogen (secondary N) is 1. The predicted molar refractivity (Wildman–Crippen MR) is 110 cm³/mol. The minimum Gasteiger partial charge on any atom is -0.508 e. The summed E-state index contributed by atoms with van der Waals surface area (Å²) >= 11 is 0. The van der Waals surface area contributed by atoms with E-state index in [0.717, 1.165) is 27.6 Å². The van der Waals surface area contributed by atoms with Gasteiger partial charge in [0, 0.05) is 16.9 Å². The minimum atomic E-state index is -0.208. The highest BCUT2D eigenvalue weighted by atomic mass is 16.3. The summed E-state index contributed by atoms with van der Waals surface area (Å²) < 4.78 is 0. The van der Waals surface area contributed by atoms with Gasteiger partial charge in [-0.15, -0.1) is 0 Å². The summed E-state index contributed by atoms with van der Waals surface area (Å²) in [6.45, 7) is 0. The van der Waals surface area contributed by atoms with Gasteiger partial charge in [-0.3, -0.25) is 4.79 Å². The molecule has 0 aromatic heterocycles. The number of benzene rings is 4. The van der Waals surface area contributed by atoms with Crippen LogP contribution in [0.5, 0.6) is 5.75 Å². The molecule has 1 amide bonds. The van der Waals surface area contributed by atoms with E-state index in [0.29, 0.717) is 11.3 Å². The Morgan fingerprint density at radius 2 is 1.52 bits per heavy atom. The molecule has 0 unspecified atom stereocenters. The highest BCUT2D eigenvalue weighted by Gasteiger charge is 2.10. The monoisotopic (exact) mass is 354 g/mol. The Morgan fingerprint density at radius 3 is 2.33 bits per heavy atom. The standard InChI is InChI=1S/C23H18N2O2/c24-20-12-18(16-6-7-17-14-22(26)9-8-15(17)10-16)11-19(13-20)23(27)25-21-4-2-1-3-5-21/h1-14,26H,24H2,(H,25,27). The van der Waals surface area contributed by atoms with Gasteiger partial charge >= 0.3 is 0 Å². The van der Waals surface area contributed by atoms with Crippen molar-refractivity contribution in [1.82, 2.24) is 0 Å². The third kappa shape index (κ3) is 3.60. The number of phenols is 1. The smallest absolute Gasteiger partial charge is 0.255 e. The molecule has 0 fully saturated rings. The van der Waals surface area contributed by atoms with Gasteiger partial charge in [-0.2, -0.15) is 0 Å². The van der Waals surface area contributed by atoms with Crippen LogP contribution in [0.3, 0.4) is 0 Å². The number of hydrogen-bond donors (Lipinski definition) is 3. The number of phenolic OH excluding ortho intramolecular Hbond substituents is 1. The topological polar surface area (TPSA) is 75.4 Å². The van der Waals surface area contributed by atoms with Gasteiger partial charge in [0.05, 0.1) is 0 Å². The summed E-state index contributed by atoms with van der Waals surface area (Å²) in [5, 5.41) is 14.4. The van der Waals surface area contributed by atoms with Crippen molar-refractivity contribution < 1.29 is 9.90 Å². The van der Waals surface area contributed by atoms with Crippen LogP contribution < -0.4 is 11.1 Å². The summed E-state index contributed by atoms with van der Waals surface area (Å²) in [6, 6.07) is 25.8. The van der Waals surface area contributed by atoms with Crippen LogP contribution in [0.15, 0.2) is 84.9 Å². The molecule has 0 saturated carbocycles. The fourth-order valence-corrected chi connectivity index (χ4v) is 3.09. The average molecular weight is 354 g/mol. The van der Waals surface area contributed by atoms with E-state index in [9.17, 15) is 9.90 Å². The van der Waals surface area contributed by atoms with Gasteiger partial charge in [0.2, 0.25) is 0 Å². The van der Waals surface area contributed by atoms with Crippen molar-refractivity contribution in [2.75, 3.05) is 11.1 Å². The summed E-state index contributed by atoms with van der Waals surface area (Å²) in [5.74, 6) is 0.0273. The van der Waals surface area contributed by atoms with Gasteiger partial charge in [-0.05, 0) is 70.4 Å². The van der Waals surface area contributed by atoms with Crippen LogP contribution in [0.4, 0.5) is 11.4 Å². The second-order valence-electron chi connectivity index (χ2n) is 6.41. The molecule has 0 radical (unpaired) electrons. The molecule has 4 aromatic rings. The van der Waals surface area contributed by atoms with Crippen molar-refractivity contribution in [3.05, 3.63) is 90.5 Å². The Labute approximate surface area is 156 Å². The summed E-state index contributed by atoms with van der Waals surface area (Å²) in [7, 11) is 0. The van der Waals surface area contributed by atoms with Crippen molar-refractivity contribution in [3.8, 4) is 16.9 Å². The lowest BCUT2D eigenvalue weighted by Gasteiger charge is -2.10. The Bertz CT molecular complexity index is 1140. The van der Waals surface area contributed by atoms with Crippen molar-refractivity contribution in [3.63, 3.8) is 0 Å². The number of nitrogens with two attached hydrogens (primary N) is 1. The number of anilines is 2. The fraction of sp³-hybridized carbons (Fsp3) is 0. The number of carbonyl (C=O) groups excluding carboxylic acids is 1. The number of rotatable bonds is 3. The molecule has 0 spiro atoms. The minimum absolute atomic E-state index is 0.208. The molecular formula is C23H18N2O2. The molecule has 4 heteroatoms. The van der Waals surface area contributed by atoms with Crippen molar-refractivity contribution in [2.45, 2.75) is 0 Å². The maximum absolute atomic E-state index is 12.6. The Hall–Kier alpha value is -3.79. The number of fused-ring (bicyclic) bond motifs is 1. The SMILES string of the molecule is Nc1cc(C(=O)Nc2ccccc2)cc(-c2ccc3cc(O)ccc3c2)c1. The molecule has 0 aliphatic carbocycles. The van der Waals surface area contributed by atoms with E-state index in [1.54, 1.807) is 18.2 Å². The highest BCUT2D eigenvalue weighted by Crippen LogP contribution is 2.29. The van der Waals surface area contributed by atoms with Gasteiger partial charge in [0.1, 0.15) is 5.75 Å². The fourth-order valence-electron chi connectivity index (χ4n) is 3.09. The molecular weight excluding hydrogens is 336 g/mol. The summed E-state index contributed by atoms with van der Waals surface area (Å²) in [5.41, 5.74) is 9.62. The normalized spacial score (nSPS) is 10.7. The van der Waals surface area contributed by atoms with Crippen LogP contribution in [0, 0.1) is 0 Å². The number of carbonyl (C=O) groups is 1. The zero-order valence-electron chi connectivity index (χ0n) is 14.5. The molecule has 0 saturated heterocycles. The predicted octanol–water partition coefficient (Wildman–Crippen LogP) is 5.05. The molecule has 0 atom stereocenters. The van der Waals surface area contributed by atoms with Crippen molar-refractivity contribution in [1.29, 1.82) is 0 Å². The van der Waals surface area contributed by atoms with Crippen LogP contribution in [0.25, 0.3) is 21.9 Å². The quantitative estimate of drug-likeness (QED) is 0.451. The molecule has 0 aliphatic heterocycles. The summed E-state index contributed by atoms with van der Waals surface area (Å²) in [4.78, 5) is 12.6. The maximum atomic E-state index is 12.6. The van der Waals surface area contributed by atoms with Gasteiger partial charge in [0.15, 0.2) is 0 Å². The first-order valence-electron chi connectivity index (χ1n) is 8.59. The summed E-state index contributed by atoms with van der Waals surface area (Å²) in [6.07, 6.45) is 0. The van der Waals surface area contributed by atoms with Crippen molar-refractivity contribution in [2.24, 2.45) is 0 Å². The first-order chi connectivity index (χ1) is 13.1. The number of hydrogen-bond acceptors (Lipinski definition) is 3. The maximum Gasteiger partial charge on any atom is 0.255 e. The van der Waals surface area contributed by atoms with E-state index in [1.165, 1.54) is 0 Å². The molecule has 132 valence electrons. The van der Waals surface area contributed by atoms with Crippen LogP contribution >= 0.6 is 0 Å². The van der Waals surface area contributed by atoms with Gasteiger partial charge < -0.3 is 16.2 Å². The van der Waals surface area contributed by atoms with E-state index in [-0.39, 0.29) is 11.7 Å². The van der Waals surface area contributed by atoms with Gasteiger partial charge in [-0.25, -0.2) is 0 Å². The zero-order chi connectivity index (χ0) is 18.8. The number of amides is 1. The number of aromatic hydroxyl groups is 1. The van der Waals surface area contributed by atoms with Crippen molar-refractivity contribution >= 4 is 28.1 Å². The lowest BCUT2D eigenvalue weighted by Crippen LogP contribution is -2.12. The second-order valence-corrected chi connectivity index (χ2v) is 6.41. The van der Waals surface area contributed by atoms with E-state index in [2.05, 4.69) is 5.32 Å². The Kier molecular flexibility index (Phi) is 4.22. The molecule has 4 N–H and O–H groups in total. The average Bonchev–Trinajstić information content (AvgIpc) is 2.68. The lowest BCUT2D eigenvalue weighted by molar-refractivity contribution is 0.102. The van der Waals surface area contributed by atoms with Gasteiger partial charge in [-0.1, -0.05) is 36.4 Å². The third-order valence-electron chi connectivity index (χ3n) is 4.41. The largest absolute Gasteiger partial charge is 0.508 e. The van der Waals surface area contributed by atoms with E-state index in [4.69, 9.17) is 5.73 Å². The van der Waals surface area contributed by atoms with Crippen LogP contribution in [-0.4, -0.2) is 11.0 Å². The number of nitrogen functional groups attached to an aromatic ring is 1. The molecule has 0 heterocycles. The third-order valence-corrected chi connectivity index (χ3v) is 4.41. The Balaban J connectivity index is 1.70.